The Morgan fingerprint density at radius 1 is 1.47 bits per heavy atom. The quantitative estimate of drug-likeness (QED) is 0.859. The number of aromatic nitrogens is 2. The number of aryl methyl sites for hydroxylation is 1. The molecule has 0 unspecified atom stereocenters. The molecule has 0 N–H and O–H groups in total. The number of halogens is 1. The summed E-state index contributed by atoms with van der Waals surface area (Å²) in [4.78, 5) is 3.86. The first kappa shape index (κ1) is 10.2. The Kier molecular flexibility index (Phi) is 3.01. The molecule has 0 aliphatic rings. The molecule has 0 spiro atoms. The van der Waals surface area contributed by atoms with Crippen LogP contribution in [0.15, 0.2) is 33.6 Å². The van der Waals surface area contributed by atoms with Crippen molar-refractivity contribution in [2.45, 2.75) is 13.5 Å². The Morgan fingerprint density at radius 2 is 2.33 bits per heavy atom. The number of rotatable bonds is 3. The van der Waals surface area contributed by atoms with Crippen molar-refractivity contribution in [2.75, 3.05) is 0 Å². The van der Waals surface area contributed by atoms with Crippen LogP contribution in [0.2, 0.25) is 0 Å². The lowest BCUT2D eigenvalue weighted by Gasteiger charge is -2.06. The van der Waals surface area contributed by atoms with E-state index in [2.05, 4.69) is 30.6 Å². The van der Waals surface area contributed by atoms with Gasteiger partial charge in [-0.25, -0.2) is 0 Å². The van der Waals surface area contributed by atoms with E-state index in [1.807, 2.05) is 25.1 Å². The van der Waals surface area contributed by atoms with Crippen LogP contribution in [-0.4, -0.2) is 10.1 Å². The van der Waals surface area contributed by atoms with E-state index in [-0.39, 0.29) is 0 Å². The van der Waals surface area contributed by atoms with Gasteiger partial charge in [0.05, 0.1) is 4.47 Å². The van der Waals surface area contributed by atoms with Crippen molar-refractivity contribution in [3.05, 3.63) is 40.5 Å². The molecule has 1 aromatic carbocycles. The summed E-state index contributed by atoms with van der Waals surface area (Å²) in [6.45, 7) is 2.33. The molecule has 1 aromatic heterocycles. The van der Waals surface area contributed by atoms with Crippen LogP contribution in [0.4, 0.5) is 0 Å². The van der Waals surface area contributed by atoms with Crippen molar-refractivity contribution < 1.29 is 9.26 Å². The number of benzene rings is 1. The maximum atomic E-state index is 5.50. The summed E-state index contributed by atoms with van der Waals surface area (Å²) in [6.07, 6.45) is 1.28. The summed E-state index contributed by atoms with van der Waals surface area (Å²) in [6, 6.07) is 5.88. The van der Waals surface area contributed by atoms with Crippen LogP contribution in [0.3, 0.4) is 0 Å². The number of hydrogen-bond acceptors (Lipinski definition) is 4. The fraction of sp³-hybridized carbons (Fsp3) is 0.200. The molecule has 78 valence electrons. The lowest BCUT2D eigenvalue weighted by Crippen LogP contribution is -1.97. The maximum absolute atomic E-state index is 5.50. The average Bonchev–Trinajstić information content (AvgIpc) is 2.69. The molecule has 2 aromatic rings. The van der Waals surface area contributed by atoms with Crippen molar-refractivity contribution in [3.63, 3.8) is 0 Å². The van der Waals surface area contributed by atoms with Gasteiger partial charge in [-0.1, -0.05) is 11.2 Å². The summed E-state index contributed by atoms with van der Waals surface area (Å²) in [5.41, 5.74) is 1.17. The molecule has 15 heavy (non-hydrogen) atoms. The van der Waals surface area contributed by atoms with Gasteiger partial charge in [-0.2, -0.15) is 4.98 Å². The molecule has 4 nitrogen and oxygen atoms in total. The van der Waals surface area contributed by atoms with Gasteiger partial charge in [0.15, 0.2) is 6.61 Å². The molecule has 2 rings (SSSR count). The molecule has 0 atom stereocenters. The molecule has 0 fully saturated rings. The third-order valence-corrected chi connectivity index (χ3v) is 2.47. The highest BCUT2D eigenvalue weighted by molar-refractivity contribution is 9.10. The number of nitrogens with zero attached hydrogens (tertiary/aromatic N) is 2. The van der Waals surface area contributed by atoms with Gasteiger partial charge in [0.1, 0.15) is 5.75 Å². The van der Waals surface area contributed by atoms with Crippen molar-refractivity contribution >= 4 is 15.9 Å². The summed E-state index contributed by atoms with van der Waals surface area (Å²) < 4.78 is 11.0. The van der Waals surface area contributed by atoms with Gasteiger partial charge in [-0.3, -0.25) is 0 Å². The molecule has 0 saturated heterocycles. The van der Waals surface area contributed by atoms with E-state index in [4.69, 9.17) is 4.74 Å². The summed E-state index contributed by atoms with van der Waals surface area (Å²) in [5, 5.41) is 3.65. The first-order valence-electron chi connectivity index (χ1n) is 4.40. The average molecular weight is 269 g/mol. The van der Waals surface area contributed by atoms with E-state index in [9.17, 15) is 0 Å². The number of hydrogen-bond donors (Lipinski definition) is 0. The van der Waals surface area contributed by atoms with Crippen molar-refractivity contribution in [1.82, 2.24) is 10.1 Å². The van der Waals surface area contributed by atoms with Crippen molar-refractivity contribution in [3.8, 4) is 5.75 Å². The molecule has 5 heteroatoms. The van der Waals surface area contributed by atoms with Crippen LogP contribution >= 0.6 is 15.9 Å². The summed E-state index contributed by atoms with van der Waals surface area (Å²) in [5.74, 6) is 1.30. The van der Waals surface area contributed by atoms with E-state index >= 15 is 0 Å². The van der Waals surface area contributed by atoms with Crippen LogP contribution in [-0.2, 0) is 6.61 Å². The van der Waals surface area contributed by atoms with E-state index < -0.39 is 0 Å². The van der Waals surface area contributed by atoms with Crippen LogP contribution in [0.25, 0.3) is 0 Å². The molecular weight excluding hydrogens is 260 g/mol. The van der Waals surface area contributed by atoms with Gasteiger partial charge in [-0.15, -0.1) is 0 Å². The topological polar surface area (TPSA) is 48.2 Å². The van der Waals surface area contributed by atoms with Crippen molar-refractivity contribution in [1.29, 1.82) is 0 Å². The van der Waals surface area contributed by atoms with E-state index in [1.54, 1.807) is 0 Å². The smallest absolute Gasteiger partial charge is 0.213 e. The highest BCUT2D eigenvalue weighted by atomic mass is 79.9. The fourth-order valence-electron chi connectivity index (χ4n) is 1.12. The zero-order chi connectivity index (χ0) is 10.7. The van der Waals surface area contributed by atoms with Gasteiger partial charge >= 0.3 is 0 Å². The van der Waals surface area contributed by atoms with Crippen molar-refractivity contribution in [2.24, 2.45) is 0 Å². The maximum Gasteiger partial charge on any atom is 0.213 e. The monoisotopic (exact) mass is 268 g/mol. The van der Waals surface area contributed by atoms with Crippen LogP contribution < -0.4 is 4.74 Å². The van der Waals surface area contributed by atoms with Gasteiger partial charge in [0.2, 0.25) is 12.2 Å². The minimum atomic E-state index is 0.304. The van der Waals surface area contributed by atoms with Crippen LogP contribution in [0, 0.1) is 6.92 Å². The van der Waals surface area contributed by atoms with Gasteiger partial charge in [-0.05, 0) is 40.5 Å². The Hall–Kier alpha value is -1.36. The lowest BCUT2D eigenvalue weighted by atomic mass is 10.2. The number of ether oxygens (including phenoxy) is 1. The second-order valence-electron chi connectivity index (χ2n) is 3.07. The Bertz CT molecular complexity index is 443. The standard InChI is InChI=1S/C10H9BrN2O2/c1-7-2-3-9(8(11)4-7)14-5-10-12-6-15-13-10/h2-4,6H,5H2,1H3. The third-order valence-electron chi connectivity index (χ3n) is 1.85. The highest BCUT2D eigenvalue weighted by Gasteiger charge is 2.03. The highest BCUT2D eigenvalue weighted by Crippen LogP contribution is 2.26. The summed E-state index contributed by atoms with van der Waals surface area (Å²) >= 11 is 3.42. The molecule has 1 heterocycles. The first-order chi connectivity index (χ1) is 7.25. The Balaban J connectivity index is 2.05. The third kappa shape index (κ3) is 2.56. The van der Waals surface area contributed by atoms with E-state index in [0.29, 0.717) is 12.4 Å². The van der Waals surface area contributed by atoms with Gasteiger partial charge in [0, 0.05) is 0 Å². The largest absolute Gasteiger partial charge is 0.484 e. The molecule has 0 radical (unpaired) electrons. The predicted octanol–water partition coefficient (Wildman–Crippen LogP) is 2.72. The second kappa shape index (κ2) is 4.44. The molecular formula is C10H9BrN2O2. The molecule has 0 aliphatic heterocycles. The molecule has 0 bridgehead atoms. The molecule has 0 aliphatic carbocycles. The second-order valence-corrected chi connectivity index (χ2v) is 3.92. The summed E-state index contributed by atoms with van der Waals surface area (Å²) in [7, 11) is 0. The molecule has 0 amide bonds. The van der Waals surface area contributed by atoms with E-state index in [1.165, 1.54) is 12.0 Å². The fourth-order valence-corrected chi connectivity index (χ4v) is 1.73. The minimum Gasteiger partial charge on any atom is -0.484 e. The normalized spacial score (nSPS) is 10.3. The molecule has 0 saturated carbocycles. The predicted molar refractivity (Wildman–Crippen MR) is 57.5 cm³/mol. The minimum absolute atomic E-state index is 0.304. The van der Waals surface area contributed by atoms with Crippen LogP contribution in [0.1, 0.15) is 11.4 Å². The first-order valence-corrected chi connectivity index (χ1v) is 5.19. The SMILES string of the molecule is Cc1ccc(OCc2ncon2)c(Br)c1. The lowest BCUT2D eigenvalue weighted by molar-refractivity contribution is 0.285. The zero-order valence-electron chi connectivity index (χ0n) is 8.11. The Labute approximate surface area is 95.4 Å². The van der Waals surface area contributed by atoms with Crippen LogP contribution in [0.5, 0.6) is 5.75 Å². The van der Waals surface area contributed by atoms with Gasteiger partial charge < -0.3 is 9.26 Å². The zero-order valence-corrected chi connectivity index (χ0v) is 9.69. The Morgan fingerprint density at radius 3 is 3.00 bits per heavy atom. The van der Waals surface area contributed by atoms with E-state index in [0.717, 1.165) is 10.2 Å². The van der Waals surface area contributed by atoms with Gasteiger partial charge in [0.25, 0.3) is 0 Å².